The van der Waals surface area contributed by atoms with Crippen molar-refractivity contribution in [2.24, 2.45) is 11.7 Å². The number of nitrogens with zero attached hydrogens (tertiary/aromatic N) is 1. The highest BCUT2D eigenvalue weighted by molar-refractivity contribution is 5.87. The summed E-state index contributed by atoms with van der Waals surface area (Å²) in [5, 5.41) is 4.49. The van der Waals surface area contributed by atoms with Crippen molar-refractivity contribution in [2.75, 3.05) is 11.9 Å². The van der Waals surface area contributed by atoms with Gasteiger partial charge in [-0.1, -0.05) is 6.42 Å². The maximum Gasteiger partial charge on any atom is 0.139 e. The SMILES string of the molecule is NC1CCCC(CNc2nccc3occc23)C1. The summed E-state index contributed by atoms with van der Waals surface area (Å²) in [7, 11) is 0. The lowest BCUT2D eigenvalue weighted by atomic mass is 9.86. The largest absolute Gasteiger partial charge is 0.464 e. The molecule has 2 aromatic heterocycles. The van der Waals surface area contributed by atoms with E-state index in [4.69, 9.17) is 10.2 Å². The van der Waals surface area contributed by atoms with Crippen molar-refractivity contribution in [3.63, 3.8) is 0 Å². The summed E-state index contributed by atoms with van der Waals surface area (Å²) in [5.74, 6) is 1.58. The summed E-state index contributed by atoms with van der Waals surface area (Å²) in [6.45, 7) is 0.949. The average molecular weight is 245 g/mol. The second-order valence-corrected chi connectivity index (χ2v) is 5.17. The molecule has 0 radical (unpaired) electrons. The van der Waals surface area contributed by atoms with Crippen molar-refractivity contribution in [3.8, 4) is 0 Å². The Labute approximate surface area is 107 Å². The fraction of sp³-hybridized carbons (Fsp3) is 0.500. The molecule has 2 aromatic rings. The minimum Gasteiger partial charge on any atom is -0.464 e. The monoisotopic (exact) mass is 245 g/mol. The fourth-order valence-electron chi connectivity index (χ4n) is 2.79. The first-order chi connectivity index (χ1) is 8.83. The van der Waals surface area contributed by atoms with Gasteiger partial charge in [0.1, 0.15) is 11.4 Å². The van der Waals surface area contributed by atoms with Crippen LogP contribution in [0.2, 0.25) is 0 Å². The quantitative estimate of drug-likeness (QED) is 0.872. The number of aromatic nitrogens is 1. The second kappa shape index (κ2) is 4.98. The molecule has 0 saturated heterocycles. The Morgan fingerprint density at radius 3 is 3.22 bits per heavy atom. The Bertz CT molecular complexity index is 522. The first kappa shape index (κ1) is 11.5. The zero-order chi connectivity index (χ0) is 12.4. The molecule has 0 spiro atoms. The predicted molar refractivity (Wildman–Crippen MR) is 72.4 cm³/mol. The number of hydrogen-bond donors (Lipinski definition) is 2. The highest BCUT2D eigenvalue weighted by Gasteiger charge is 2.19. The molecule has 3 N–H and O–H groups in total. The normalized spacial score (nSPS) is 24.3. The van der Waals surface area contributed by atoms with E-state index < -0.39 is 0 Å². The lowest BCUT2D eigenvalue weighted by Crippen LogP contribution is -2.31. The molecule has 2 unspecified atom stereocenters. The molecule has 0 amide bonds. The zero-order valence-electron chi connectivity index (χ0n) is 10.4. The highest BCUT2D eigenvalue weighted by Crippen LogP contribution is 2.25. The molecule has 1 fully saturated rings. The van der Waals surface area contributed by atoms with Crippen LogP contribution in [0.1, 0.15) is 25.7 Å². The van der Waals surface area contributed by atoms with Gasteiger partial charge in [0.05, 0.1) is 11.6 Å². The van der Waals surface area contributed by atoms with Gasteiger partial charge >= 0.3 is 0 Å². The maximum atomic E-state index is 6.01. The Kier molecular flexibility index (Phi) is 3.19. The predicted octanol–water partition coefficient (Wildman–Crippen LogP) is 2.76. The van der Waals surface area contributed by atoms with Gasteiger partial charge in [-0.05, 0) is 37.3 Å². The van der Waals surface area contributed by atoms with Crippen LogP contribution in [0.15, 0.2) is 29.0 Å². The Morgan fingerprint density at radius 2 is 2.33 bits per heavy atom. The van der Waals surface area contributed by atoms with E-state index in [0.717, 1.165) is 29.8 Å². The van der Waals surface area contributed by atoms with Crippen LogP contribution in [0.25, 0.3) is 11.0 Å². The van der Waals surface area contributed by atoms with Crippen molar-refractivity contribution in [1.29, 1.82) is 0 Å². The minimum absolute atomic E-state index is 0.378. The molecule has 0 aliphatic heterocycles. The summed E-state index contributed by atoms with van der Waals surface area (Å²) in [4.78, 5) is 4.38. The van der Waals surface area contributed by atoms with Crippen molar-refractivity contribution in [3.05, 3.63) is 24.6 Å². The summed E-state index contributed by atoms with van der Waals surface area (Å²) >= 11 is 0. The summed E-state index contributed by atoms with van der Waals surface area (Å²) in [5.41, 5.74) is 6.89. The van der Waals surface area contributed by atoms with Crippen LogP contribution in [-0.4, -0.2) is 17.6 Å². The molecular formula is C14H19N3O. The van der Waals surface area contributed by atoms with E-state index in [0.29, 0.717) is 12.0 Å². The number of furan rings is 1. The molecule has 1 saturated carbocycles. The Balaban J connectivity index is 1.67. The van der Waals surface area contributed by atoms with E-state index in [-0.39, 0.29) is 0 Å². The number of hydrogen-bond acceptors (Lipinski definition) is 4. The van der Waals surface area contributed by atoms with E-state index >= 15 is 0 Å². The van der Waals surface area contributed by atoms with Crippen molar-refractivity contribution in [1.82, 2.24) is 4.98 Å². The van der Waals surface area contributed by atoms with Gasteiger partial charge in [-0.3, -0.25) is 0 Å². The Hall–Kier alpha value is -1.55. The van der Waals surface area contributed by atoms with E-state index in [1.54, 1.807) is 12.5 Å². The number of fused-ring (bicyclic) bond motifs is 1. The number of nitrogens with one attached hydrogen (secondary N) is 1. The topological polar surface area (TPSA) is 64.1 Å². The lowest BCUT2D eigenvalue weighted by molar-refractivity contribution is 0.335. The number of anilines is 1. The molecule has 3 rings (SSSR count). The smallest absolute Gasteiger partial charge is 0.139 e. The standard InChI is InChI=1S/C14H19N3O/c15-11-3-1-2-10(8-11)9-17-14-12-5-7-18-13(12)4-6-16-14/h4-7,10-11H,1-3,8-9,15H2,(H,16,17). The number of pyridine rings is 1. The first-order valence-electron chi connectivity index (χ1n) is 6.64. The van der Waals surface area contributed by atoms with Gasteiger partial charge < -0.3 is 15.5 Å². The van der Waals surface area contributed by atoms with Crippen LogP contribution in [0.4, 0.5) is 5.82 Å². The van der Waals surface area contributed by atoms with Crippen molar-refractivity contribution >= 4 is 16.8 Å². The van der Waals surface area contributed by atoms with Crippen LogP contribution < -0.4 is 11.1 Å². The van der Waals surface area contributed by atoms with Gasteiger partial charge in [-0.2, -0.15) is 0 Å². The molecule has 0 aromatic carbocycles. The number of rotatable bonds is 3. The minimum atomic E-state index is 0.378. The first-order valence-corrected chi connectivity index (χ1v) is 6.64. The third-order valence-electron chi connectivity index (χ3n) is 3.76. The van der Waals surface area contributed by atoms with Gasteiger partial charge in [-0.25, -0.2) is 4.98 Å². The third kappa shape index (κ3) is 2.34. The molecule has 0 bridgehead atoms. The fourth-order valence-corrected chi connectivity index (χ4v) is 2.79. The third-order valence-corrected chi connectivity index (χ3v) is 3.76. The van der Waals surface area contributed by atoms with Gasteiger partial charge in [0.15, 0.2) is 0 Å². The highest BCUT2D eigenvalue weighted by atomic mass is 16.3. The van der Waals surface area contributed by atoms with Crippen molar-refractivity contribution < 1.29 is 4.42 Å². The van der Waals surface area contributed by atoms with Gasteiger partial charge in [0, 0.05) is 18.8 Å². The molecule has 1 aliphatic carbocycles. The molecule has 1 aliphatic rings. The summed E-state index contributed by atoms with van der Waals surface area (Å²) < 4.78 is 5.37. The van der Waals surface area contributed by atoms with Crippen molar-refractivity contribution in [2.45, 2.75) is 31.7 Å². The number of nitrogens with two attached hydrogens (primary N) is 1. The van der Waals surface area contributed by atoms with Crippen LogP contribution in [-0.2, 0) is 0 Å². The molecule has 2 atom stereocenters. The van der Waals surface area contributed by atoms with E-state index in [9.17, 15) is 0 Å². The van der Waals surface area contributed by atoms with Crippen LogP contribution >= 0.6 is 0 Å². The molecule has 96 valence electrons. The molecular weight excluding hydrogens is 226 g/mol. The van der Waals surface area contributed by atoms with Gasteiger partial charge in [0.25, 0.3) is 0 Å². The van der Waals surface area contributed by atoms with Gasteiger partial charge in [-0.15, -0.1) is 0 Å². The summed E-state index contributed by atoms with van der Waals surface area (Å²) in [6, 6.07) is 4.22. The van der Waals surface area contributed by atoms with E-state index in [1.807, 2.05) is 12.1 Å². The van der Waals surface area contributed by atoms with Crippen LogP contribution in [0, 0.1) is 5.92 Å². The zero-order valence-corrected chi connectivity index (χ0v) is 10.4. The van der Waals surface area contributed by atoms with Gasteiger partial charge in [0.2, 0.25) is 0 Å². The molecule has 18 heavy (non-hydrogen) atoms. The average Bonchev–Trinajstić information content (AvgIpc) is 2.85. The molecule has 4 nitrogen and oxygen atoms in total. The Morgan fingerprint density at radius 1 is 1.39 bits per heavy atom. The second-order valence-electron chi connectivity index (χ2n) is 5.17. The molecule has 2 heterocycles. The van der Waals surface area contributed by atoms with Crippen LogP contribution in [0.3, 0.4) is 0 Å². The lowest BCUT2D eigenvalue weighted by Gasteiger charge is -2.26. The summed E-state index contributed by atoms with van der Waals surface area (Å²) in [6.07, 6.45) is 8.29. The van der Waals surface area contributed by atoms with E-state index in [2.05, 4.69) is 10.3 Å². The maximum absolute atomic E-state index is 6.01. The van der Waals surface area contributed by atoms with Crippen LogP contribution in [0.5, 0.6) is 0 Å². The molecule has 4 heteroatoms. The van der Waals surface area contributed by atoms with E-state index in [1.165, 1.54) is 19.3 Å².